The fourth-order valence-electron chi connectivity index (χ4n) is 2.94. The van der Waals surface area contributed by atoms with E-state index in [0.29, 0.717) is 5.69 Å². The number of para-hydroxylation sites is 1. The van der Waals surface area contributed by atoms with Gasteiger partial charge in [-0.25, -0.2) is 4.39 Å². The summed E-state index contributed by atoms with van der Waals surface area (Å²) in [4.78, 5) is 14.4. The smallest absolute Gasteiger partial charge is 0.243 e. The number of carbonyl (C=O) groups excluding carboxylic acids is 1. The van der Waals surface area contributed by atoms with Gasteiger partial charge in [0, 0.05) is 17.4 Å². The molecule has 22 heavy (non-hydrogen) atoms. The van der Waals surface area contributed by atoms with Crippen LogP contribution >= 0.6 is 0 Å². The number of nitrogens with one attached hydrogen (secondary N) is 1. The van der Waals surface area contributed by atoms with Crippen molar-refractivity contribution >= 4 is 17.3 Å². The maximum absolute atomic E-state index is 13.3. The van der Waals surface area contributed by atoms with Crippen LogP contribution in [0.5, 0.6) is 0 Å². The minimum atomic E-state index is -0.346. The second-order valence-electron chi connectivity index (χ2n) is 5.82. The van der Waals surface area contributed by atoms with Gasteiger partial charge in [0.2, 0.25) is 5.91 Å². The van der Waals surface area contributed by atoms with E-state index >= 15 is 0 Å². The van der Waals surface area contributed by atoms with Gasteiger partial charge < -0.3 is 10.2 Å². The Balaban J connectivity index is 1.73. The van der Waals surface area contributed by atoms with Crippen LogP contribution in [0.15, 0.2) is 42.5 Å². The third-order valence-corrected chi connectivity index (χ3v) is 4.14. The van der Waals surface area contributed by atoms with E-state index in [-0.39, 0.29) is 24.3 Å². The maximum Gasteiger partial charge on any atom is 0.243 e. The number of fused-ring (bicyclic) bond motifs is 1. The molecule has 0 saturated heterocycles. The number of hydrogen-bond acceptors (Lipinski definition) is 2. The average molecular weight is 298 g/mol. The monoisotopic (exact) mass is 298 g/mol. The summed E-state index contributed by atoms with van der Waals surface area (Å²) in [5, 5.41) is 2.81. The molecule has 1 aliphatic rings. The standard InChI is InChI=1S/C18H19FN2O/c1-12-7-8-15(19)10-16(12)20-18(22)11-21-13(2)9-14-5-3-4-6-17(14)21/h3-8,10,13H,9,11H2,1-2H3,(H,20,22). The molecule has 2 aromatic carbocycles. The molecule has 0 fully saturated rings. The van der Waals surface area contributed by atoms with Crippen LogP contribution in [0.25, 0.3) is 0 Å². The summed E-state index contributed by atoms with van der Waals surface area (Å²) < 4.78 is 13.3. The zero-order valence-corrected chi connectivity index (χ0v) is 12.8. The van der Waals surface area contributed by atoms with Crippen molar-refractivity contribution in [3.63, 3.8) is 0 Å². The number of halogens is 1. The van der Waals surface area contributed by atoms with Gasteiger partial charge in [0.1, 0.15) is 5.82 Å². The highest BCUT2D eigenvalue weighted by Crippen LogP contribution is 2.31. The van der Waals surface area contributed by atoms with Crippen LogP contribution < -0.4 is 10.2 Å². The molecule has 0 bridgehead atoms. The Morgan fingerprint density at radius 1 is 1.32 bits per heavy atom. The Bertz CT molecular complexity index is 714. The number of aryl methyl sites for hydroxylation is 1. The summed E-state index contributed by atoms with van der Waals surface area (Å²) in [5.41, 5.74) is 3.76. The molecule has 2 aromatic rings. The van der Waals surface area contributed by atoms with E-state index in [1.807, 2.05) is 25.1 Å². The lowest BCUT2D eigenvalue weighted by Gasteiger charge is -2.24. The van der Waals surface area contributed by atoms with E-state index in [9.17, 15) is 9.18 Å². The molecule has 1 amide bonds. The van der Waals surface area contributed by atoms with Crippen molar-refractivity contribution in [2.45, 2.75) is 26.3 Å². The van der Waals surface area contributed by atoms with Crippen molar-refractivity contribution in [1.82, 2.24) is 0 Å². The molecule has 0 spiro atoms. The lowest BCUT2D eigenvalue weighted by Crippen LogP contribution is -2.37. The molecule has 3 rings (SSSR count). The molecule has 0 aliphatic carbocycles. The largest absolute Gasteiger partial charge is 0.359 e. The summed E-state index contributed by atoms with van der Waals surface area (Å²) in [5.74, 6) is -0.474. The predicted octanol–water partition coefficient (Wildman–Crippen LogP) is 3.52. The van der Waals surface area contributed by atoms with Gasteiger partial charge in [-0.05, 0) is 49.6 Å². The Labute approximate surface area is 129 Å². The van der Waals surface area contributed by atoms with Crippen molar-refractivity contribution in [1.29, 1.82) is 0 Å². The van der Waals surface area contributed by atoms with E-state index < -0.39 is 0 Å². The van der Waals surface area contributed by atoms with Gasteiger partial charge in [0.05, 0.1) is 6.54 Å². The molecule has 4 heteroatoms. The van der Waals surface area contributed by atoms with Gasteiger partial charge in [-0.1, -0.05) is 24.3 Å². The molecule has 1 aliphatic heterocycles. The molecule has 1 heterocycles. The van der Waals surface area contributed by atoms with Crippen LogP contribution in [0.3, 0.4) is 0 Å². The first-order chi connectivity index (χ1) is 10.5. The van der Waals surface area contributed by atoms with E-state index in [0.717, 1.165) is 17.7 Å². The Hall–Kier alpha value is -2.36. The summed E-state index contributed by atoms with van der Waals surface area (Å²) in [6, 6.07) is 12.8. The predicted molar refractivity (Wildman–Crippen MR) is 86.7 cm³/mol. The van der Waals surface area contributed by atoms with E-state index in [1.54, 1.807) is 6.07 Å². The first-order valence-corrected chi connectivity index (χ1v) is 7.45. The van der Waals surface area contributed by atoms with Gasteiger partial charge in [0.15, 0.2) is 0 Å². The molecule has 1 unspecified atom stereocenters. The molecule has 0 radical (unpaired) electrons. The van der Waals surface area contributed by atoms with Crippen LogP contribution in [-0.4, -0.2) is 18.5 Å². The number of amides is 1. The van der Waals surface area contributed by atoms with Crippen LogP contribution in [-0.2, 0) is 11.2 Å². The highest BCUT2D eigenvalue weighted by molar-refractivity contribution is 5.95. The summed E-state index contributed by atoms with van der Waals surface area (Å²) in [6.45, 7) is 4.23. The topological polar surface area (TPSA) is 32.3 Å². The van der Waals surface area contributed by atoms with Gasteiger partial charge in [-0.15, -0.1) is 0 Å². The van der Waals surface area contributed by atoms with Crippen LogP contribution in [0.1, 0.15) is 18.1 Å². The summed E-state index contributed by atoms with van der Waals surface area (Å²) in [7, 11) is 0. The minimum absolute atomic E-state index is 0.128. The molecular formula is C18H19FN2O. The third kappa shape index (κ3) is 2.82. The van der Waals surface area contributed by atoms with Crippen molar-refractivity contribution in [2.24, 2.45) is 0 Å². The molecular weight excluding hydrogens is 279 g/mol. The SMILES string of the molecule is Cc1ccc(F)cc1NC(=O)CN1c2ccccc2CC1C. The highest BCUT2D eigenvalue weighted by atomic mass is 19.1. The maximum atomic E-state index is 13.3. The lowest BCUT2D eigenvalue weighted by atomic mass is 10.1. The molecule has 1 N–H and O–H groups in total. The number of carbonyl (C=O) groups is 1. The fraction of sp³-hybridized carbons (Fsp3) is 0.278. The fourth-order valence-corrected chi connectivity index (χ4v) is 2.94. The first-order valence-electron chi connectivity index (χ1n) is 7.45. The van der Waals surface area contributed by atoms with Crippen LogP contribution in [0.2, 0.25) is 0 Å². The zero-order valence-electron chi connectivity index (χ0n) is 12.8. The van der Waals surface area contributed by atoms with Crippen LogP contribution in [0, 0.1) is 12.7 Å². The quantitative estimate of drug-likeness (QED) is 0.940. The Kier molecular flexibility index (Phi) is 3.84. The minimum Gasteiger partial charge on any atom is -0.359 e. The second-order valence-corrected chi connectivity index (χ2v) is 5.82. The van der Waals surface area contributed by atoms with Crippen molar-refractivity contribution in [3.8, 4) is 0 Å². The van der Waals surface area contributed by atoms with Crippen molar-refractivity contribution in [2.75, 3.05) is 16.8 Å². The molecule has 0 saturated carbocycles. The van der Waals surface area contributed by atoms with Gasteiger partial charge in [-0.3, -0.25) is 4.79 Å². The van der Waals surface area contributed by atoms with E-state index in [1.165, 1.54) is 17.7 Å². The number of anilines is 2. The average Bonchev–Trinajstić information content (AvgIpc) is 2.79. The second kappa shape index (κ2) is 5.79. The summed E-state index contributed by atoms with van der Waals surface area (Å²) >= 11 is 0. The number of benzene rings is 2. The normalized spacial score (nSPS) is 16.5. The van der Waals surface area contributed by atoms with Crippen LogP contribution in [0.4, 0.5) is 15.8 Å². The molecule has 3 nitrogen and oxygen atoms in total. The zero-order chi connectivity index (χ0) is 15.7. The highest BCUT2D eigenvalue weighted by Gasteiger charge is 2.27. The van der Waals surface area contributed by atoms with Gasteiger partial charge in [-0.2, -0.15) is 0 Å². The van der Waals surface area contributed by atoms with Crippen molar-refractivity contribution in [3.05, 3.63) is 59.4 Å². The summed E-state index contributed by atoms with van der Waals surface area (Å²) in [6.07, 6.45) is 0.947. The lowest BCUT2D eigenvalue weighted by molar-refractivity contribution is -0.115. The number of hydrogen-bond donors (Lipinski definition) is 1. The van der Waals surface area contributed by atoms with E-state index in [2.05, 4.69) is 23.2 Å². The molecule has 1 atom stereocenters. The third-order valence-electron chi connectivity index (χ3n) is 4.14. The first kappa shape index (κ1) is 14.6. The van der Waals surface area contributed by atoms with Crippen molar-refractivity contribution < 1.29 is 9.18 Å². The molecule has 114 valence electrons. The van der Waals surface area contributed by atoms with Gasteiger partial charge in [0.25, 0.3) is 0 Å². The number of nitrogens with zero attached hydrogens (tertiary/aromatic N) is 1. The Morgan fingerprint density at radius 3 is 2.91 bits per heavy atom. The number of rotatable bonds is 3. The Morgan fingerprint density at radius 2 is 2.09 bits per heavy atom. The molecule has 0 aromatic heterocycles. The van der Waals surface area contributed by atoms with Gasteiger partial charge >= 0.3 is 0 Å². The van der Waals surface area contributed by atoms with E-state index in [4.69, 9.17) is 0 Å².